The normalized spacial score (nSPS) is 9.88. The van der Waals surface area contributed by atoms with E-state index in [1.165, 1.54) is 24.5 Å². The number of hydrogen-bond acceptors (Lipinski definition) is 5. The lowest BCUT2D eigenvalue weighted by atomic mass is 10.2. The van der Waals surface area contributed by atoms with Gasteiger partial charge in [-0.1, -0.05) is 12.1 Å². The van der Waals surface area contributed by atoms with Crippen LogP contribution in [-0.4, -0.2) is 17.4 Å². The summed E-state index contributed by atoms with van der Waals surface area (Å²) >= 11 is 0. The molecule has 5 heteroatoms. The molecule has 0 saturated heterocycles. The SMILES string of the molecule is O=Cc1occc1OC(=O)c1ccccc1O. The van der Waals surface area contributed by atoms with E-state index in [2.05, 4.69) is 0 Å². The first-order chi connectivity index (χ1) is 8.22. The van der Waals surface area contributed by atoms with Gasteiger partial charge in [0.2, 0.25) is 5.76 Å². The molecule has 0 saturated carbocycles. The molecular weight excluding hydrogens is 224 g/mol. The van der Waals surface area contributed by atoms with Crippen LogP contribution in [0.3, 0.4) is 0 Å². The van der Waals surface area contributed by atoms with Crippen LogP contribution in [-0.2, 0) is 0 Å². The molecular formula is C12H8O5. The standard InChI is InChI=1S/C12H8O5/c13-7-11-10(5-6-16-11)17-12(15)8-3-1-2-4-9(8)14/h1-7,14H. The summed E-state index contributed by atoms with van der Waals surface area (Å²) in [5.41, 5.74) is 0.0190. The number of furan rings is 1. The van der Waals surface area contributed by atoms with E-state index in [0.717, 1.165) is 0 Å². The minimum atomic E-state index is -0.757. The zero-order valence-electron chi connectivity index (χ0n) is 8.62. The number of hydrogen-bond donors (Lipinski definition) is 1. The molecule has 0 bridgehead atoms. The molecule has 2 aromatic rings. The highest BCUT2D eigenvalue weighted by molar-refractivity contribution is 5.94. The topological polar surface area (TPSA) is 76.7 Å². The summed E-state index contributed by atoms with van der Waals surface area (Å²) in [5, 5.41) is 9.44. The number of benzene rings is 1. The highest BCUT2D eigenvalue weighted by Gasteiger charge is 2.16. The summed E-state index contributed by atoms with van der Waals surface area (Å²) < 4.78 is 9.69. The third kappa shape index (κ3) is 2.17. The lowest BCUT2D eigenvalue weighted by molar-refractivity contribution is 0.0728. The van der Waals surface area contributed by atoms with Crippen molar-refractivity contribution < 1.29 is 23.8 Å². The van der Waals surface area contributed by atoms with E-state index in [-0.39, 0.29) is 22.8 Å². The van der Waals surface area contributed by atoms with Gasteiger partial charge in [0.1, 0.15) is 11.3 Å². The van der Waals surface area contributed by atoms with E-state index in [0.29, 0.717) is 6.29 Å². The Morgan fingerprint density at radius 3 is 2.76 bits per heavy atom. The number of para-hydroxylation sites is 1. The average molecular weight is 232 g/mol. The molecule has 0 aliphatic rings. The minimum absolute atomic E-state index is 0.0190. The highest BCUT2D eigenvalue weighted by atomic mass is 16.5. The largest absolute Gasteiger partial charge is 0.507 e. The van der Waals surface area contributed by atoms with Crippen LogP contribution in [0.5, 0.6) is 11.5 Å². The van der Waals surface area contributed by atoms with Crippen molar-refractivity contribution >= 4 is 12.3 Å². The van der Waals surface area contributed by atoms with Crippen LogP contribution >= 0.6 is 0 Å². The van der Waals surface area contributed by atoms with Crippen LogP contribution in [0.2, 0.25) is 0 Å². The smallest absolute Gasteiger partial charge is 0.347 e. The number of rotatable bonds is 3. The first-order valence-electron chi connectivity index (χ1n) is 4.75. The van der Waals surface area contributed by atoms with E-state index < -0.39 is 5.97 Å². The van der Waals surface area contributed by atoms with E-state index >= 15 is 0 Å². The zero-order valence-corrected chi connectivity index (χ0v) is 8.62. The van der Waals surface area contributed by atoms with Crippen molar-refractivity contribution in [1.82, 2.24) is 0 Å². The molecule has 1 aromatic heterocycles. The fourth-order valence-electron chi connectivity index (χ4n) is 1.28. The maximum Gasteiger partial charge on any atom is 0.347 e. The fourth-order valence-corrected chi connectivity index (χ4v) is 1.28. The molecule has 17 heavy (non-hydrogen) atoms. The van der Waals surface area contributed by atoms with Crippen molar-refractivity contribution in [3.63, 3.8) is 0 Å². The number of ether oxygens (including phenoxy) is 1. The highest BCUT2D eigenvalue weighted by Crippen LogP contribution is 2.22. The van der Waals surface area contributed by atoms with Gasteiger partial charge in [0.15, 0.2) is 12.0 Å². The minimum Gasteiger partial charge on any atom is -0.507 e. The number of esters is 1. The van der Waals surface area contributed by atoms with Crippen molar-refractivity contribution in [1.29, 1.82) is 0 Å². The molecule has 1 aromatic carbocycles. The second-order valence-corrected chi connectivity index (χ2v) is 3.17. The first kappa shape index (κ1) is 10.9. The Hall–Kier alpha value is -2.56. The molecule has 0 aliphatic heterocycles. The van der Waals surface area contributed by atoms with E-state index in [9.17, 15) is 14.7 Å². The van der Waals surface area contributed by atoms with Gasteiger partial charge in [-0.05, 0) is 12.1 Å². The van der Waals surface area contributed by atoms with Gasteiger partial charge in [0, 0.05) is 6.07 Å². The molecule has 0 atom stereocenters. The Balaban J connectivity index is 2.23. The monoisotopic (exact) mass is 232 g/mol. The molecule has 0 amide bonds. The summed E-state index contributed by atoms with van der Waals surface area (Å²) in [6.07, 6.45) is 1.67. The van der Waals surface area contributed by atoms with Gasteiger partial charge in [-0.25, -0.2) is 4.79 Å². The maximum absolute atomic E-state index is 11.7. The number of phenolic OH excluding ortho intramolecular Hbond substituents is 1. The van der Waals surface area contributed by atoms with Crippen LogP contribution in [0.15, 0.2) is 41.0 Å². The van der Waals surface area contributed by atoms with E-state index in [1.54, 1.807) is 12.1 Å². The van der Waals surface area contributed by atoms with Crippen molar-refractivity contribution in [2.24, 2.45) is 0 Å². The lowest BCUT2D eigenvalue weighted by Gasteiger charge is -2.03. The summed E-state index contributed by atoms with van der Waals surface area (Å²) in [7, 11) is 0. The number of phenols is 1. The second kappa shape index (κ2) is 4.52. The number of carbonyl (C=O) groups is 2. The Morgan fingerprint density at radius 1 is 1.29 bits per heavy atom. The Bertz CT molecular complexity index is 556. The van der Waals surface area contributed by atoms with Gasteiger partial charge >= 0.3 is 5.97 Å². The first-order valence-corrected chi connectivity index (χ1v) is 4.75. The van der Waals surface area contributed by atoms with Crippen LogP contribution in [0, 0.1) is 0 Å². The Labute approximate surface area is 96.2 Å². The van der Waals surface area contributed by atoms with Gasteiger partial charge in [-0.2, -0.15) is 0 Å². The van der Waals surface area contributed by atoms with Crippen molar-refractivity contribution in [3.8, 4) is 11.5 Å². The quantitative estimate of drug-likeness (QED) is 0.647. The maximum atomic E-state index is 11.7. The van der Waals surface area contributed by atoms with Crippen molar-refractivity contribution in [2.75, 3.05) is 0 Å². The summed E-state index contributed by atoms with van der Waals surface area (Å²) in [4.78, 5) is 22.2. The molecule has 5 nitrogen and oxygen atoms in total. The fraction of sp³-hybridized carbons (Fsp3) is 0. The van der Waals surface area contributed by atoms with Crippen LogP contribution in [0.4, 0.5) is 0 Å². The molecule has 86 valence electrons. The van der Waals surface area contributed by atoms with Gasteiger partial charge in [0.25, 0.3) is 0 Å². The molecule has 0 fully saturated rings. The number of aromatic hydroxyl groups is 1. The molecule has 0 radical (unpaired) electrons. The molecule has 0 spiro atoms. The van der Waals surface area contributed by atoms with Crippen LogP contribution in [0.25, 0.3) is 0 Å². The summed E-state index contributed by atoms with van der Waals surface area (Å²) in [6, 6.07) is 7.31. The van der Waals surface area contributed by atoms with Crippen LogP contribution < -0.4 is 4.74 Å². The predicted octanol–water partition coefficient (Wildman–Crippen LogP) is 2.02. The van der Waals surface area contributed by atoms with E-state index in [4.69, 9.17) is 9.15 Å². The van der Waals surface area contributed by atoms with Gasteiger partial charge in [-0.15, -0.1) is 0 Å². The molecule has 0 unspecified atom stereocenters. The summed E-state index contributed by atoms with van der Waals surface area (Å²) in [6.45, 7) is 0. The zero-order chi connectivity index (χ0) is 12.3. The molecule has 1 heterocycles. The molecule has 0 aliphatic carbocycles. The third-order valence-electron chi connectivity index (χ3n) is 2.09. The second-order valence-electron chi connectivity index (χ2n) is 3.17. The van der Waals surface area contributed by atoms with Crippen molar-refractivity contribution in [3.05, 3.63) is 47.9 Å². The van der Waals surface area contributed by atoms with E-state index in [1.807, 2.05) is 0 Å². The van der Waals surface area contributed by atoms with Gasteiger partial charge < -0.3 is 14.3 Å². The summed E-state index contributed by atoms with van der Waals surface area (Å²) in [5.74, 6) is -0.997. The Kier molecular flexibility index (Phi) is 2.91. The molecule has 2 rings (SSSR count). The Morgan fingerprint density at radius 2 is 2.06 bits per heavy atom. The van der Waals surface area contributed by atoms with Crippen molar-refractivity contribution in [2.45, 2.75) is 0 Å². The van der Waals surface area contributed by atoms with Crippen LogP contribution in [0.1, 0.15) is 20.9 Å². The lowest BCUT2D eigenvalue weighted by Crippen LogP contribution is -2.09. The molecule has 1 N–H and O–H groups in total. The average Bonchev–Trinajstić information content (AvgIpc) is 2.76. The third-order valence-corrected chi connectivity index (χ3v) is 2.09. The van der Waals surface area contributed by atoms with Gasteiger partial charge in [0.05, 0.1) is 6.26 Å². The predicted molar refractivity (Wildman–Crippen MR) is 57.2 cm³/mol. The number of carbonyl (C=O) groups excluding carboxylic acids is 2. The van der Waals surface area contributed by atoms with Gasteiger partial charge in [-0.3, -0.25) is 4.79 Å². The number of aldehydes is 1.